The van der Waals surface area contributed by atoms with Gasteiger partial charge in [-0.1, -0.05) is 23.7 Å². The molecule has 0 spiro atoms. The molecule has 0 unspecified atom stereocenters. The highest BCUT2D eigenvalue weighted by atomic mass is 35.5. The largest absolute Gasteiger partial charge is 0.395 e. The number of hydrogen-bond acceptors (Lipinski definition) is 5. The second-order valence-corrected chi connectivity index (χ2v) is 11.1. The normalized spacial score (nSPS) is 17.4. The van der Waals surface area contributed by atoms with Crippen molar-refractivity contribution in [2.24, 2.45) is 5.92 Å². The highest BCUT2D eigenvalue weighted by Gasteiger charge is 2.27. The van der Waals surface area contributed by atoms with E-state index in [-0.39, 0.29) is 34.8 Å². The van der Waals surface area contributed by atoms with Gasteiger partial charge in [-0.3, -0.25) is 18.9 Å². The molecule has 42 heavy (non-hydrogen) atoms. The van der Waals surface area contributed by atoms with Crippen LogP contribution in [0.25, 0.3) is 27.8 Å². The molecule has 0 bridgehead atoms. The molecule has 1 aromatic carbocycles. The third kappa shape index (κ3) is 5.30. The fourth-order valence-corrected chi connectivity index (χ4v) is 6.09. The first-order valence-corrected chi connectivity index (χ1v) is 14.2. The molecule has 218 valence electrons. The van der Waals surface area contributed by atoms with E-state index in [9.17, 15) is 23.5 Å². The lowest BCUT2D eigenvalue weighted by atomic mass is 9.85. The molecule has 2 N–H and O–H groups in total. The number of alkyl halides is 2. The van der Waals surface area contributed by atoms with E-state index in [2.05, 4.69) is 15.3 Å². The third-order valence-electron chi connectivity index (χ3n) is 7.98. The predicted octanol–water partition coefficient (Wildman–Crippen LogP) is 5.11. The zero-order valence-electron chi connectivity index (χ0n) is 22.6. The Labute approximate surface area is 244 Å². The molecule has 1 aliphatic carbocycles. The molecule has 4 heterocycles. The van der Waals surface area contributed by atoms with Gasteiger partial charge >= 0.3 is 5.69 Å². The van der Waals surface area contributed by atoms with Gasteiger partial charge in [-0.05, 0) is 61.9 Å². The lowest BCUT2D eigenvalue weighted by Gasteiger charge is -2.29. The molecule has 1 saturated carbocycles. The maximum atomic E-state index is 13.8. The Hall–Kier alpha value is -4.09. The molecule has 0 saturated heterocycles. The number of halogens is 3. The summed E-state index contributed by atoms with van der Waals surface area (Å²) in [5.41, 5.74) is 2.05. The maximum absolute atomic E-state index is 13.8. The molecule has 1 fully saturated rings. The minimum atomic E-state index is -2.88. The Morgan fingerprint density at radius 2 is 1.83 bits per heavy atom. The SMILES string of the molecule is O=C(NC1CCC(Cn2c(=O)n(-c3cnc4c(ccn4CCO)c3)c3ccccc32)CC1)c1cc(Cl)cnc1C(F)F. The first-order chi connectivity index (χ1) is 20.3. The van der Waals surface area contributed by atoms with Crippen LogP contribution in [0.3, 0.4) is 0 Å². The quantitative estimate of drug-likeness (QED) is 0.260. The van der Waals surface area contributed by atoms with E-state index in [0.717, 1.165) is 41.1 Å². The van der Waals surface area contributed by atoms with Gasteiger partial charge in [0.2, 0.25) is 0 Å². The zero-order chi connectivity index (χ0) is 29.4. The number of aromatic nitrogens is 5. The summed E-state index contributed by atoms with van der Waals surface area (Å²) in [6.45, 7) is 0.965. The number of aliphatic hydroxyl groups excluding tert-OH is 1. The second kappa shape index (κ2) is 11.7. The van der Waals surface area contributed by atoms with Gasteiger partial charge in [0.25, 0.3) is 12.3 Å². The number of nitrogens with one attached hydrogen (secondary N) is 1. The van der Waals surface area contributed by atoms with Crippen LogP contribution < -0.4 is 11.0 Å². The maximum Gasteiger partial charge on any atom is 0.333 e. The summed E-state index contributed by atoms with van der Waals surface area (Å²) in [6, 6.07) is 12.5. The van der Waals surface area contributed by atoms with Crippen LogP contribution in [0.1, 0.15) is 48.2 Å². The van der Waals surface area contributed by atoms with Gasteiger partial charge in [0.05, 0.1) is 40.1 Å². The average molecular weight is 595 g/mol. The summed E-state index contributed by atoms with van der Waals surface area (Å²) in [5, 5.41) is 13.2. The fraction of sp³-hybridized carbons (Fsp3) is 0.333. The number of aliphatic hydroxyl groups is 1. The van der Waals surface area contributed by atoms with E-state index in [1.807, 2.05) is 47.2 Å². The van der Waals surface area contributed by atoms with Crippen molar-refractivity contribution in [2.45, 2.75) is 51.2 Å². The number of benzene rings is 1. The Morgan fingerprint density at radius 3 is 2.57 bits per heavy atom. The Kier molecular flexibility index (Phi) is 7.78. The van der Waals surface area contributed by atoms with Crippen LogP contribution >= 0.6 is 11.6 Å². The topological polar surface area (TPSA) is 107 Å². The van der Waals surface area contributed by atoms with Crippen molar-refractivity contribution in [3.05, 3.63) is 87.8 Å². The number of imidazole rings is 1. The molecular formula is C30H29ClF2N6O3. The minimum absolute atomic E-state index is 0.00740. The number of pyridine rings is 2. The van der Waals surface area contributed by atoms with Gasteiger partial charge in [-0.15, -0.1) is 0 Å². The van der Waals surface area contributed by atoms with Gasteiger partial charge in [0.15, 0.2) is 0 Å². The molecule has 1 amide bonds. The fourth-order valence-electron chi connectivity index (χ4n) is 5.93. The molecule has 0 radical (unpaired) electrons. The summed E-state index contributed by atoms with van der Waals surface area (Å²) in [7, 11) is 0. The predicted molar refractivity (Wildman–Crippen MR) is 155 cm³/mol. The van der Waals surface area contributed by atoms with E-state index in [1.165, 1.54) is 6.07 Å². The van der Waals surface area contributed by atoms with E-state index < -0.39 is 18.0 Å². The van der Waals surface area contributed by atoms with Crippen LogP contribution in [0.4, 0.5) is 8.78 Å². The molecule has 5 aromatic rings. The van der Waals surface area contributed by atoms with Crippen molar-refractivity contribution in [3.63, 3.8) is 0 Å². The molecule has 12 heteroatoms. The molecule has 6 rings (SSSR count). The Morgan fingerprint density at radius 1 is 1.07 bits per heavy atom. The Bertz CT molecular complexity index is 1820. The summed E-state index contributed by atoms with van der Waals surface area (Å²) in [6.07, 6.45) is 4.61. The van der Waals surface area contributed by atoms with Crippen LogP contribution in [-0.4, -0.2) is 47.3 Å². The standard InChI is InChI=1S/C30H29ClF2N6O3/c31-20-14-23(26(27(32)33)34-15-20)29(41)36-21-7-5-18(6-8-21)17-38-24-3-1-2-4-25(24)39(30(38)42)22-13-19-9-10-37(11-12-40)28(19)35-16-22/h1-4,9-10,13-16,18,21,27,40H,5-8,11-12,17H2,(H,36,41). The van der Waals surface area contributed by atoms with Crippen molar-refractivity contribution < 1.29 is 18.7 Å². The number of nitrogens with zero attached hydrogens (tertiary/aromatic N) is 5. The molecule has 0 atom stereocenters. The monoisotopic (exact) mass is 594 g/mol. The average Bonchev–Trinajstić information content (AvgIpc) is 3.51. The molecule has 9 nitrogen and oxygen atoms in total. The van der Waals surface area contributed by atoms with Crippen LogP contribution in [0.2, 0.25) is 5.02 Å². The lowest BCUT2D eigenvalue weighted by molar-refractivity contribution is 0.0904. The Balaban J connectivity index is 1.19. The summed E-state index contributed by atoms with van der Waals surface area (Å²) in [5.74, 6) is -0.409. The number of carbonyl (C=O) groups is 1. The summed E-state index contributed by atoms with van der Waals surface area (Å²) >= 11 is 5.91. The van der Waals surface area contributed by atoms with Gasteiger partial charge in [-0.2, -0.15) is 0 Å². The number of fused-ring (bicyclic) bond motifs is 2. The van der Waals surface area contributed by atoms with E-state index >= 15 is 0 Å². The smallest absolute Gasteiger partial charge is 0.333 e. The second-order valence-electron chi connectivity index (χ2n) is 10.6. The number of amides is 1. The van der Waals surface area contributed by atoms with Crippen LogP contribution in [-0.2, 0) is 13.1 Å². The van der Waals surface area contributed by atoms with Crippen molar-refractivity contribution in [1.29, 1.82) is 0 Å². The highest BCUT2D eigenvalue weighted by Crippen LogP contribution is 2.29. The van der Waals surface area contributed by atoms with Crippen LogP contribution in [0.5, 0.6) is 0 Å². The van der Waals surface area contributed by atoms with Gasteiger partial charge in [0, 0.05) is 36.9 Å². The minimum Gasteiger partial charge on any atom is -0.395 e. The van der Waals surface area contributed by atoms with Gasteiger partial charge in [-0.25, -0.2) is 18.6 Å². The lowest BCUT2D eigenvalue weighted by Crippen LogP contribution is -2.39. The van der Waals surface area contributed by atoms with Crippen molar-refractivity contribution >= 4 is 39.6 Å². The third-order valence-corrected chi connectivity index (χ3v) is 8.19. The highest BCUT2D eigenvalue weighted by molar-refractivity contribution is 6.30. The number of hydrogen-bond donors (Lipinski definition) is 2. The number of rotatable bonds is 8. The summed E-state index contributed by atoms with van der Waals surface area (Å²) in [4.78, 5) is 34.8. The van der Waals surface area contributed by atoms with Gasteiger partial charge in [0.1, 0.15) is 11.3 Å². The van der Waals surface area contributed by atoms with E-state index in [4.69, 9.17) is 11.6 Å². The van der Waals surface area contributed by atoms with Crippen molar-refractivity contribution in [2.75, 3.05) is 6.61 Å². The van der Waals surface area contributed by atoms with Crippen molar-refractivity contribution in [3.8, 4) is 5.69 Å². The van der Waals surface area contributed by atoms with Crippen molar-refractivity contribution in [1.82, 2.24) is 29.0 Å². The molecule has 4 aromatic heterocycles. The van der Waals surface area contributed by atoms with E-state index in [0.29, 0.717) is 31.6 Å². The van der Waals surface area contributed by atoms with Crippen LogP contribution in [0.15, 0.2) is 65.8 Å². The van der Waals surface area contributed by atoms with E-state index in [1.54, 1.807) is 15.3 Å². The first kappa shape index (κ1) is 28.0. The number of carbonyl (C=O) groups excluding carboxylic acids is 1. The number of para-hydroxylation sites is 2. The van der Waals surface area contributed by atoms with Gasteiger partial charge < -0.3 is 15.0 Å². The molecule has 1 aliphatic rings. The summed E-state index contributed by atoms with van der Waals surface area (Å²) < 4.78 is 32.1. The molecule has 0 aliphatic heterocycles. The zero-order valence-corrected chi connectivity index (χ0v) is 23.3. The molecular weight excluding hydrogens is 566 g/mol. The first-order valence-electron chi connectivity index (χ1n) is 13.8. The van der Waals surface area contributed by atoms with Crippen LogP contribution in [0, 0.1) is 5.92 Å².